The van der Waals surface area contributed by atoms with E-state index in [9.17, 15) is 9.90 Å². The second kappa shape index (κ2) is 4.37. The molecule has 0 aliphatic rings. The van der Waals surface area contributed by atoms with Crippen molar-refractivity contribution in [1.29, 1.82) is 0 Å². The van der Waals surface area contributed by atoms with Crippen molar-refractivity contribution in [3.8, 4) is 11.5 Å². The minimum atomic E-state index is -1.05. The van der Waals surface area contributed by atoms with Crippen LogP contribution in [-0.4, -0.2) is 21.3 Å². The molecule has 1 atom stereocenters. The highest BCUT2D eigenvalue weighted by Crippen LogP contribution is 2.35. The van der Waals surface area contributed by atoms with Gasteiger partial charge in [0.2, 0.25) is 0 Å². The molecule has 82 valence electrons. The van der Waals surface area contributed by atoms with E-state index < -0.39 is 23.5 Å². The van der Waals surface area contributed by atoms with Crippen LogP contribution in [0.1, 0.15) is 18.0 Å². The Morgan fingerprint density at radius 2 is 2.07 bits per heavy atom. The maximum absolute atomic E-state index is 10.4. The number of aromatic hydroxyl groups is 2. The van der Waals surface area contributed by atoms with Gasteiger partial charge in [0.15, 0.2) is 11.5 Å². The largest absolute Gasteiger partial charge is 0.504 e. The van der Waals surface area contributed by atoms with E-state index in [0.717, 1.165) is 0 Å². The molecule has 1 aromatic carbocycles. The van der Waals surface area contributed by atoms with Gasteiger partial charge in [0.1, 0.15) is 0 Å². The van der Waals surface area contributed by atoms with Crippen molar-refractivity contribution in [2.45, 2.75) is 12.5 Å². The van der Waals surface area contributed by atoms with Gasteiger partial charge in [0.25, 0.3) is 0 Å². The number of rotatable bonds is 3. The van der Waals surface area contributed by atoms with Gasteiger partial charge >= 0.3 is 5.97 Å². The van der Waals surface area contributed by atoms with Crippen molar-refractivity contribution >= 4 is 17.6 Å². The summed E-state index contributed by atoms with van der Waals surface area (Å²) in [5.41, 5.74) is 5.91. The summed E-state index contributed by atoms with van der Waals surface area (Å²) in [5.74, 6) is -1.91. The van der Waals surface area contributed by atoms with Gasteiger partial charge in [-0.05, 0) is 17.7 Å². The highest BCUT2D eigenvalue weighted by atomic mass is 35.5. The second-order valence-electron chi connectivity index (χ2n) is 3.07. The van der Waals surface area contributed by atoms with E-state index in [0.29, 0.717) is 5.56 Å². The van der Waals surface area contributed by atoms with Gasteiger partial charge < -0.3 is 21.1 Å². The monoisotopic (exact) mass is 231 g/mol. The molecule has 1 unspecified atom stereocenters. The van der Waals surface area contributed by atoms with E-state index in [4.69, 9.17) is 27.5 Å². The molecule has 0 amide bonds. The molecule has 5 N–H and O–H groups in total. The molecule has 0 radical (unpaired) electrons. The lowest BCUT2D eigenvalue weighted by atomic mass is 10.0. The van der Waals surface area contributed by atoms with E-state index in [1.165, 1.54) is 12.1 Å². The summed E-state index contributed by atoms with van der Waals surface area (Å²) in [4.78, 5) is 10.4. The molecule has 0 fully saturated rings. The standard InChI is InChI=1S/C9H10ClNO4/c10-5-1-4(2-7(12)9(5)15)6(11)3-8(13)14/h1-2,6,12,15H,3,11H2,(H,13,14). The average molecular weight is 232 g/mol. The van der Waals surface area contributed by atoms with Crippen molar-refractivity contribution in [2.24, 2.45) is 5.73 Å². The smallest absolute Gasteiger partial charge is 0.305 e. The fourth-order valence-electron chi connectivity index (χ4n) is 1.12. The number of aliphatic carboxylic acids is 1. The summed E-state index contributed by atoms with van der Waals surface area (Å²) in [5, 5.41) is 26.8. The molecule has 0 saturated carbocycles. The maximum Gasteiger partial charge on any atom is 0.305 e. The van der Waals surface area contributed by atoms with Gasteiger partial charge in [-0.3, -0.25) is 4.79 Å². The highest BCUT2D eigenvalue weighted by Gasteiger charge is 2.14. The number of benzene rings is 1. The molecular formula is C9H10ClNO4. The number of hydrogen-bond donors (Lipinski definition) is 4. The fraction of sp³-hybridized carbons (Fsp3) is 0.222. The molecule has 5 nitrogen and oxygen atoms in total. The number of phenols is 2. The van der Waals surface area contributed by atoms with Crippen molar-refractivity contribution in [1.82, 2.24) is 0 Å². The first kappa shape index (κ1) is 11.6. The van der Waals surface area contributed by atoms with Gasteiger partial charge in [-0.15, -0.1) is 0 Å². The number of hydrogen-bond acceptors (Lipinski definition) is 4. The Morgan fingerprint density at radius 3 is 2.53 bits per heavy atom. The van der Waals surface area contributed by atoms with Crippen LogP contribution in [0, 0.1) is 0 Å². The third kappa shape index (κ3) is 2.74. The third-order valence-electron chi connectivity index (χ3n) is 1.89. The molecule has 0 aliphatic carbocycles. The Hall–Kier alpha value is -1.46. The van der Waals surface area contributed by atoms with Crippen molar-refractivity contribution in [3.63, 3.8) is 0 Å². The molecule has 1 aromatic rings. The maximum atomic E-state index is 10.4. The first-order valence-corrected chi connectivity index (χ1v) is 4.48. The van der Waals surface area contributed by atoms with Crippen LogP contribution in [0.3, 0.4) is 0 Å². The second-order valence-corrected chi connectivity index (χ2v) is 3.48. The number of nitrogens with two attached hydrogens (primary N) is 1. The Balaban J connectivity index is 3.00. The van der Waals surface area contributed by atoms with Crippen molar-refractivity contribution in [2.75, 3.05) is 0 Å². The summed E-state index contributed by atoms with van der Waals surface area (Å²) in [6, 6.07) is 1.74. The van der Waals surface area contributed by atoms with Crippen LogP contribution in [0.4, 0.5) is 0 Å². The Bertz CT molecular complexity index is 371. The van der Waals surface area contributed by atoms with E-state index in [1.807, 2.05) is 0 Å². The van der Waals surface area contributed by atoms with Crippen LogP contribution in [0.15, 0.2) is 12.1 Å². The van der Waals surface area contributed by atoms with Crippen LogP contribution < -0.4 is 5.73 Å². The summed E-state index contributed by atoms with van der Waals surface area (Å²) in [6.45, 7) is 0. The lowest BCUT2D eigenvalue weighted by Gasteiger charge is -2.11. The molecule has 0 spiro atoms. The number of halogens is 1. The first-order valence-electron chi connectivity index (χ1n) is 4.10. The minimum Gasteiger partial charge on any atom is -0.504 e. The Labute approximate surface area is 90.7 Å². The van der Waals surface area contributed by atoms with Gasteiger partial charge in [0.05, 0.1) is 11.4 Å². The highest BCUT2D eigenvalue weighted by molar-refractivity contribution is 6.32. The number of carboxylic acid groups (broad SMARTS) is 1. The Morgan fingerprint density at radius 1 is 1.47 bits per heavy atom. The number of carbonyl (C=O) groups is 1. The molecule has 0 bridgehead atoms. The van der Waals surface area contributed by atoms with Crippen LogP contribution >= 0.6 is 11.6 Å². The molecule has 1 rings (SSSR count). The van der Waals surface area contributed by atoms with Crippen molar-refractivity contribution in [3.05, 3.63) is 22.7 Å². The molecule has 0 aromatic heterocycles. The zero-order valence-electron chi connectivity index (χ0n) is 7.64. The van der Waals surface area contributed by atoms with Crippen LogP contribution in [-0.2, 0) is 4.79 Å². The van der Waals surface area contributed by atoms with E-state index in [2.05, 4.69) is 0 Å². The SMILES string of the molecule is NC(CC(=O)O)c1cc(O)c(O)c(Cl)c1. The topological polar surface area (TPSA) is 104 Å². The van der Waals surface area contributed by atoms with Crippen molar-refractivity contribution < 1.29 is 20.1 Å². The minimum absolute atomic E-state index is 0.0640. The van der Waals surface area contributed by atoms with E-state index in [-0.39, 0.29) is 11.4 Å². The summed E-state index contributed by atoms with van der Waals surface area (Å²) < 4.78 is 0. The first-order chi connectivity index (χ1) is 6.91. The van der Waals surface area contributed by atoms with Gasteiger partial charge in [-0.2, -0.15) is 0 Å². The predicted molar refractivity (Wildman–Crippen MR) is 54.0 cm³/mol. The average Bonchev–Trinajstić information content (AvgIpc) is 2.12. The van der Waals surface area contributed by atoms with Gasteiger partial charge in [-0.1, -0.05) is 11.6 Å². The van der Waals surface area contributed by atoms with Gasteiger partial charge in [0, 0.05) is 6.04 Å². The number of carboxylic acids is 1. The number of phenolic OH excluding ortho intramolecular Hbond substituents is 2. The summed E-state index contributed by atoms with van der Waals surface area (Å²) >= 11 is 5.59. The zero-order chi connectivity index (χ0) is 11.6. The molecule has 15 heavy (non-hydrogen) atoms. The molecule has 0 saturated heterocycles. The molecule has 0 heterocycles. The summed E-state index contributed by atoms with van der Waals surface area (Å²) in [6.07, 6.45) is -0.277. The van der Waals surface area contributed by atoms with E-state index >= 15 is 0 Å². The fourth-order valence-corrected chi connectivity index (χ4v) is 1.35. The molecular weight excluding hydrogens is 222 g/mol. The van der Waals surface area contributed by atoms with Crippen LogP contribution in [0.2, 0.25) is 5.02 Å². The summed E-state index contributed by atoms with van der Waals surface area (Å²) in [7, 11) is 0. The Kier molecular flexibility index (Phi) is 3.39. The van der Waals surface area contributed by atoms with E-state index in [1.54, 1.807) is 0 Å². The normalized spacial score (nSPS) is 12.4. The predicted octanol–water partition coefficient (Wildman–Crippen LogP) is 1.23. The quantitative estimate of drug-likeness (QED) is 0.586. The van der Waals surface area contributed by atoms with Gasteiger partial charge in [-0.25, -0.2) is 0 Å². The lowest BCUT2D eigenvalue weighted by molar-refractivity contribution is -0.137. The molecule has 0 aliphatic heterocycles. The van der Waals surface area contributed by atoms with Crippen LogP contribution in [0.5, 0.6) is 11.5 Å². The lowest BCUT2D eigenvalue weighted by Crippen LogP contribution is -2.14. The zero-order valence-corrected chi connectivity index (χ0v) is 8.40. The third-order valence-corrected chi connectivity index (χ3v) is 2.18. The molecule has 6 heteroatoms. The van der Waals surface area contributed by atoms with Crippen LogP contribution in [0.25, 0.3) is 0 Å².